The molecule has 0 aliphatic rings. The Morgan fingerprint density at radius 3 is 2.52 bits per heavy atom. The zero-order chi connectivity index (χ0) is 19.4. The zero-order valence-electron chi connectivity index (χ0n) is 15.0. The Morgan fingerprint density at radius 2 is 1.78 bits per heavy atom. The average molecular weight is 364 g/mol. The Labute approximate surface area is 156 Å². The summed E-state index contributed by atoms with van der Waals surface area (Å²) >= 11 is 0. The van der Waals surface area contributed by atoms with Gasteiger partial charge in [-0.05, 0) is 59.2 Å². The number of hydrogen-bond donors (Lipinski definition) is 3. The fourth-order valence-corrected chi connectivity index (χ4v) is 2.68. The van der Waals surface area contributed by atoms with Crippen LogP contribution in [0.5, 0.6) is 17.2 Å². The van der Waals surface area contributed by atoms with Gasteiger partial charge in [0.1, 0.15) is 5.75 Å². The number of fused-ring (bicyclic) bond motifs is 1. The number of carbonyl (C=O) groups is 1. The molecule has 0 unspecified atom stereocenters. The smallest absolute Gasteiger partial charge is 0.247 e. The van der Waals surface area contributed by atoms with Crippen LogP contribution in [0, 0.1) is 0 Å². The van der Waals surface area contributed by atoms with Gasteiger partial charge in [0.05, 0.1) is 19.2 Å². The number of nitrogens with one attached hydrogen (secondary N) is 1. The lowest BCUT2D eigenvalue weighted by Gasteiger charge is -2.11. The monoisotopic (exact) mass is 364 g/mol. The van der Waals surface area contributed by atoms with Gasteiger partial charge in [0.25, 0.3) is 0 Å². The molecule has 0 fully saturated rings. The number of nitrogens with zero attached hydrogens (tertiary/aromatic N) is 1. The van der Waals surface area contributed by atoms with Crippen LogP contribution in [0.1, 0.15) is 24.0 Å². The highest BCUT2D eigenvalue weighted by Gasteiger charge is 2.15. The first-order valence-electron chi connectivity index (χ1n) is 8.40. The van der Waals surface area contributed by atoms with Crippen LogP contribution in [0.4, 0.5) is 0 Å². The van der Waals surface area contributed by atoms with E-state index in [-0.39, 0.29) is 23.3 Å². The third-order valence-electron chi connectivity index (χ3n) is 4.35. The second-order valence-corrected chi connectivity index (χ2v) is 6.18. The van der Waals surface area contributed by atoms with Crippen molar-refractivity contribution in [2.45, 2.75) is 12.8 Å². The number of benzene rings is 3. The molecule has 6 heteroatoms. The highest BCUT2D eigenvalue weighted by molar-refractivity contribution is 5.89. The third-order valence-corrected chi connectivity index (χ3v) is 4.35. The molecule has 3 rings (SSSR count). The molecule has 3 aromatic rings. The predicted molar refractivity (Wildman–Crippen MR) is 104 cm³/mol. The Morgan fingerprint density at radius 1 is 1.04 bits per heavy atom. The van der Waals surface area contributed by atoms with Crippen molar-refractivity contribution in [3.63, 3.8) is 0 Å². The average Bonchev–Trinajstić information content (AvgIpc) is 2.69. The highest BCUT2D eigenvalue weighted by atomic mass is 16.5. The molecule has 0 bridgehead atoms. The van der Waals surface area contributed by atoms with Crippen molar-refractivity contribution in [2.24, 2.45) is 5.10 Å². The molecule has 0 aliphatic heterocycles. The molecular weight excluding hydrogens is 344 g/mol. The van der Waals surface area contributed by atoms with Crippen molar-refractivity contribution in [1.29, 1.82) is 0 Å². The lowest BCUT2D eigenvalue weighted by atomic mass is 9.97. The molecule has 1 amide bonds. The molecule has 27 heavy (non-hydrogen) atoms. The number of phenolic OH excluding ortho intramolecular Hbond substituents is 2. The second kappa shape index (κ2) is 7.78. The molecule has 0 heterocycles. The van der Waals surface area contributed by atoms with Crippen LogP contribution < -0.4 is 10.2 Å². The van der Waals surface area contributed by atoms with E-state index in [1.54, 1.807) is 13.2 Å². The van der Waals surface area contributed by atoms with Gasteiger partial charge in [-0.2, -0.15) is 5.10 Å². The van der Waals surface area contributed by atoms with Gasteiger partial charge < -0.3 is 14.9 Å². The molecule has 0 radical (unpaired) electrons. The van der Waals surface area contributed by atoms with Gasteiger partial charge in [-0.1, -0.05) is 24.3 Å². The fourth-order valence-electron chi connectivity index (χ4n) is 2.68. The minimum Gasteiger partial charge on any atom is -0.504 e. The molecular formula is C21H20N2O4. The summed E-state index contributed by atoms with van der Waals surface area (Å²) in [7, 11) is 1.63. The summed E-state index contributed by atoms with van der Waals surface area (Å²) in [4.78, 5) is 12.4. The molecule has 138 valence electrons. The van der Waals surface area contributed by atoms with Gasteiger partial charge in [0.15, 0.2) is 11.5 Å². The number of carbonyl (C=O) groups excluding carboxylic acids is 1. The van der Waals surface area contributed by atoms with Gasteiger partial charge in [0, 0.05) is 0 Å². The van der Waals surface area contributed by atoms with Crippen LogP contribution >= 0.6 is 0 Å². The van der Waals surface area contributed by atoms with Crippen molar-refractivity contribution in [2.75, 3.05) is 7.11 Å². The Bertz CT molecular complexity index is 1010. The lowest BCUT2D eigenvalue weighted by Crippen LogP contribution is -2.23. The number of rotatable bonds is 5. The van der Waals surface area contributed by atoms with Gasteiger partial charge >= 0.3 is 0 Å². The summed E-state index contributed by atoms with van der Waals surface area (Å²) < 4.78 is 5.22. The van der Waals surface area contributed by atoms with Crippen molar-refractivity contribution in [3.8, 4) is 17.2 Å². The second-order valence-electron chi connectivity index (χ2n) is 6.18. The molecule has 1 atom stereocenters. The topological polar surface area (TPSA) is 91.2 Å². The highest BCUT2D eigenvalue weighted by Crippen LogP contribution is 2.26. The Kier molecular flexibility index (Phi) is 5.26. The normalized spacial score (nSPS) is 12.2. The standard InChI is InChI=1S/C21H20N2O4/c1-13(15-4-5-17-11-18(27-2)7-6-16(17)10-15)21(26)23-22-12-14-3-8-19(24)20(25)9-14/h3-13,24-25H,1-2H3,(H,23,26)/b22-12+/t13-/m0/s1. The van der Waals surface area contributed by atoms with Crippen molar-refractivity contribution < 1.29 is 19.7 Å². The number of aromatic hydroxyl groups is 2. The quantitative estimate of drug-likeness (QED) is 0.367. The van der Waals surface area contributed by atoms with E-state index in [4.69, 9.17) is 4.74 Å². The maximum absolute atomic E-state index is 12.4. The van der Waals surface area contributed by atoms with Gasteiger partial charge in [-0.15, -0.1) is 0 Å². The minimum atomic E-state index is -0.387. The molecule has 3 aromatic carbocycles. The van der Waals surface area contributed by atoms with Crippen LogP contribution in [0.3, 0.4) is 0 Å². The summed E-state index contributed by atoms with van der Waals surface area (Å²) in [6.45, 7) is 1.81. The van der Waals surface area contributed by atoms with E-state index in [1.807, 2.05) is 43.3 Å². The summed E-state index contributed by atoms with van der Waals surface area (Å²) in [6, 6.07) is 15.9. The minimum absolute atomic E-state index is 0.210. The molecule has 0 saturated heterocycles. The number of hydrogen-bond acceptors (Lipinski definition) is 5. The molecule has 6 nitrogen and oxygen atoms in total. The first-order chi connectivity index (χ1) is 13.0. The van der Waals surface area contributed by atoms with Crippen LogP contribution in [-0.4, -0.2) is 29.4 Å². The third kappa shape index (κ3) is 4.17. The van der Waals surface area contributed by atoms with E-state index >= 15 is 0 Å². The van der Waals surface area contributed by atoms with E-state index in [9.17, 15) is 15.0 Å². The Balaban J connectivity index is 1.70. The summed E-state index contributed by atoms with van der Waals surface area (Å²) in [6.07, 6.45) is 1.40. The zero-order valence-corrected chi connectivity index (χ0v) is 15.0. The van der Waals surface area contributed by atoms with E-state index in [0.717, 1.165) is 22.1 Å². The number of hydrazone groups is 1. The lowest BCUT2D eigenvalue weighted by molar-refractivity contribution is -0.122. The van der Waals surface area contributed by atoms with Crippen LogP contribution in [0.25, 0.3) is 10.8 Å². The molecule has 0 saturated carbocycles. The number of amides is 1. The summed E-state index contributed by atoms with van der Waals surface area (Å²) in [5.74, 6) is -0.301. The van der Waals surface area contributed by atoms with E-state index in [2.05, 4.69) is 10.5 Å². The van der Waals surface area contributed by atoms with Crippen molar-refractivity contribution >= 4 is 22.9 Å². The van der Waals surface area contributed by atoms with E-state index in [1.165, 1.54) is 18.3 Å². The van der Waals surface area contributed by atoms with E-state index < -0.39 is 0 Å². The Hall–Kier alpha value is -3.54. The van der Waals surface area contributed by atoms with Crippen molar-refractivity contribution in [1.82, 2.24) is 5.43 Å². The summed E-state index contributed by atoms with van der Waals surface area (Å²) in [5.41, 5.74) is 3.93. The first-order valence-corrected chi connectivity index (χ1v) is 8.40. The number of ether oxygens (including phenoxy) is 1. The van der Waals surface area contributed by atoms with Crippen LogP contribution in [0.15, 0.2) is 59.7 Å². The maximum atomic E-state index is 12.4. The first kappa shape index (κ1) is 18.3. The molecule has 3 N–H and O–H groups in total. The van der Waals surface area contributed by atoms with Gasteiger partial charge in [-0.3, -0.25) is 4.79 Å². The predicted octanol–water partition coefficient (Wildman–Crippen LogP) is 3.51. The van der Waals surface area contributed by atoms with Crippen molar-refractivity contribution in [3.05, 3.63) is 65.7 Å². The molecule has 0 spiro atoms. The molecule has 0 aliphatic carbocycles. The largest absolute Gasteiger partial charge is 0.504 e. The van der Waals surface area contributed by atoms with Gasteiger partial charge in [-0.25, -0.2) is 5.43 Å². The number of methoxy groups -OCH3 is 1. The van der Waals surface area contributed by atoms with E-state index in [0.29, 0.717) is 5.56 Å². The fraction of sp³-hybridized carbons (Fsp3) is 0.143. The summed E-state index contributed by atoms with van der Waals surface area (Å²) in [5, 5.41) is 24.7. The SMILES string of the molecule is COc1ccc2cc([C@H](C)C(=O)N/N=C/c3ccc(O)c(O)c3)ccc2c1. The molecule has 0 aromatic heterocycles. The van der Waals surface area contributed by atoms with Gasteiger partial charge in [0.2, 0.25) is 5.91 Å². The number of phenols is 2. The van der Waals surface area contributed by atoms with Crippen LogP contribution in [-0.2, 0) is 4.79 Å². The van der Waals surface area contributed by atoms with Crippen LogP contribution in [0.2, 0.25) is 0 Å². The maximum Gasteiger partial charge on any atom is 0.247 e.